The van der Waals surface area contributed by atoms with Gasteiger partial charge in [0.15, 0.2) is 6.10 Å². The number of rotatable bonds is 7. The summed E-state index contributed by atoms with van der Waals surface area (Å²) in [6.07, 6.45) is -0.930. The van der Waals surface area contributed by atoms with Gasteiger partial charge in [-0.05, 0) is 62.6 Å². The number of hydrazine groups is 1. The molecule has 1 unspecified atom stereocenters. The number of hydrogen-bond acceptors (Lipinski definition) is 4. The molecule has 8 heteroatoms. The van der Waals surface area contributed by atoms with Gasteiger partial charge >= 0.3 is 0 Å². The van der Waals surface area contributed by atoms with Crippen molar-refractivity contribution in [1.29, 1.82) is 0 Å². The highest BCUT2D eigenvalue weighted by molar-refractivity contribution is 6.31. The summed E-state index contributed by atoms with van der Waals surface area (Å²) in [6, 6.07) is 10.9. The zero-order valence-electron chi connectivity index (χ0n) is 17.5. The number of halogens is 1. The van der Waals surface area contributed by atoms with Crippen molar-refractivity contribution in [1.82, 2.24) is 10.9 Å². The van der Waals surface area contributed by atoms with Crippen molar-refractivity contribution in [3.63, 3.8) is 0 Å². The van der Waals surface area contributed by atoms with E-state index in [9.17, 15) is 14.4 Å². The summed E-state index contributed by atoms with van der Waals surface area (Å²) in [5, 5.41) is 3.26. The molecule has 0 saturated heterocycles. The minimum Gasteiger partial charge on any atom is -0.481 e. The summed E-state index contributed by atoms with van der Waals surface area (Å²) >= 11 is 6.02. The topological polar surface area (TPSA) is 96.5 Å². The molecule has 30 heavy (non-hydrogen) atoms. The quantitative estimate of drug-likeness (QED) is 0.583. The molecule has 0 bridgehead atoms. The number of carbonyl (C=O) groups excluding carboxylic acids is 3. The second-order valence-electron chi connectivity index (χ2n) is 7.03. The highest BCUT2D eigenvalue weighted by atomic mass is 35.5. The number of nitrogens with one attached hydrogen (secondary N) is 3. The van der Waals surface area contributed by atoms with Crippen LogP contribution in [-0.4, -0.2) is 23.8 Å². The van der Waals surface area contributed by atoms with Crippen molar-refractivity contribution in [2.24, 2.45) is 0 Å². The number of aryl methyl sites for hydroxylation is 2. The summed E-state index contributed by atoms with van der Waals surface area (Å²) in [6.45, 7) is 7.20. The Morgan fingerprint density at radius 3 is 2.43 bits per heavy atom. The monoisotopic (exact) mass is 431 g/mol. The Balaban J connectivity index is 1.75. The van der Waals surface area contributed by atoms with Gasteiger partial charge in [-0.3, -0.25) is 25.2 Å². The van der Waals surface area contributed by atoms with Crippen molar-refractivity contribution >= 4 is 35.0 Å². The molecule has 1 atom stereocenters. The van der Waals surface area contributed by atoms with Crippen LogP contribution in [0, 0.1) is 20.8 Å². The van der Waals surface area contributed by atoms with E-state index in [4.69, 9.17) is 16.3 Å². The van der Waals surface area contributed by atoms with Gasteiger partial charge in [0, 0.05) is 23.6 Å². The van der Waals surface area contributed by atoms with E-state index in [0.717, 1.165) is 16.7 Å². The van der Waals surface area contributed by atoms with E-state index in [2.05, 4.69) is 16.2 Å². The van der Waals surface area contributed by atoms with Gasteiger partial charge in [-0.25, -0.2) is 0 Å². The van der Waals surface area contributed by atoms with Gasteiger partial charge in [-0.2, -0.15) is 0 Å². The van der Waals surface area contributed by atoms with Crippen LogP contribution in [-0.2, 0) is 14.4 Å². The third-order valence-corrected chi connectivity index (χ3v) is 4.87. The average molecular weight is 432 g/mol. The van der Waals surface area contributed by atoms with Crippen LogP contribution in [0.4, 0.5) is 5.69 Å². The highest BCUT2D eigenvalue weighted by Crippen LogP contribution is 2.23. The second kappa shape index (κ2) is 10.6. The van der Waals surface area contributed by atoms with Gasteiger partial charge in [-0.15, -0.1) is 0 Å². The molecule has 0 aliphatic carbocycles. The third-order valence-electron chi connectivity index (χ3n) is 4.46. The maximum Gasteiger partial charge on any atom is 0.279 e. The van der Waals surface area contributed by atoms with Gasteiger partial charge in [-0.1, -0.05) is 29.8 Å². The fourth-order valence-electron chi connectivity index (χ4n) is 2.56. The van der Waals surface area contributed by atoms with Crippen molar-refractivity contribution in [3.05, 3.63) is 58.1 Å². The summed E-state index contributed by atoms with van der Waals surface area (Å²) in [5.41, 5.74) is 7.88. The zero-order valence-corrected chi connectivity index (χ0v) is 18.2. The molecule has 0 fully saturated rings. The fourth-order valence-corrected chi connectivity index (χ4v) is 2.73. The molecule has 2 aromatic carbocycles. The summed E-state index contributed by atoms with van der Waals surface area (Å²) in [5.74, 6) is -0.700. The lowest BCUT2D eigenvalue weighted by molar-refractivity contribution is -0.133. The predicted molar refractivity (Wildman–Crippen MR) is 116 cm³/mol. The van der Waals surface area contributed by atoms with E-state index >= 15 is 0 Å². The lowest BCUT2D eigenvalue weighted by Gasteiger charge is -2.17. The van der Waals surface area contributed by atoms with Crippen LogP contribution >= 0.6 is 11.6 Å². The fraction of sp³-hybridized carbons (Fsp3) is 0.318. The van der Waals surface area contributed by atoms with E-state index in [-0.39, 0.29) is 18.7 Å². The van der Waals surface area contributed by atoms with Gasteiger partial charge in [0.25, 0.3) is 5.91 Å². The van der Waals surface area contributed by atoms with E-state index in [0.29, 0.717) is 16.5 Å². The maximum atomic E-state index is 12.2. The number of amides is 3. The van der Waals surface area contributed by atoms with Crippen LogP contribution in [0.1, 0.15) is 36.5 Å². The Kier molecular flexibility index (Phi) is 8.24. The first-order valence-corrected chi connectivity index (χ1v) is 9.92. The molecule has 0 saturated carbocycles. The molecule has 0 spiro atoms. The van der Waals surface area contributed by atoms with Crippen molar-refractivity contribution < 1.29 is 19.1 Å². The molecule has 2 rings (SSSR count). The normalized spacial score (nSPS) is 11.4. The minimum atomic E-state index is -0.806. The Morgan fingerprint density at radius 2 is 1.70 bits per heavy atom. The molecule has 7 nitrogen and oxygen atoms in total. The number of carbonyl (C=O) groups is 3. The zero-order chi connectivity index (χ0) is 22.3. The standard InChI is InChI=1S/C22H26ClN3O4/c1-13-8-9-14(2)19(12-13)30-16(4)22(29)26-25-21(28)11-10-20(27)24-18-7-5-6-17(23)15(18)3/h5-9,12,16H,10-11H2,1-4H3,(H,24,27)(H,25,28)(H,26,29). The predicted octanol–water partition coefficient (Wildman–Crippen LogP) is 3.60. The molecule has 0 aromatic heterocycles. The van der Waals surface area contributed by atoms with Gasteiger partial charge in [0.1, 0.15) is 5.75 Å². The molecular formula is C22H26ClN3O4. The molecule has 0 aliphatic heterocycles. The molecular weight excluding hydrogens is 406 g/mol. The first-order valence-electron chi connectivity index (χ1n) is 9.55. The molecule has 2 aromatic rings. The van der Waals surface area contributed by atoms with Crippen LogP contribution in [0.25, 0.3) is 0 Å². The van der Waals surface area contributed by atoms with Crippen molar-refractivity contribution in [2.75, 3.05) is 5.32 Å². The molecule has 0 aliphatic rings. The summed E-state index contributed by atoms with van der Waals surface area (Å²) in [4.78, 5) is 36.1. The second-order valence-corrected chi connectivity index (χ2v) is 7.43. The van der Waals surface area contributed by atoms with Crippen LogP contribution < -0.4 is 20.9 Å². The first-order chi connectivity index (χ1) is 14.2. The molecule has 3 amide bonds. The summed E-state index contributed by atoms with van der Waals surface area (Å²) < 4.78 is 5.67. The number of anilines is 1. The number of ether oxygens (including phenoxy) is 1. The molecule has 0 heterocycles. The van der Waals surface area contributed by atoms with E-state index in [1.807, 2.05) is 32.0 Å². The Morgan fingerprint density at radius 1 is 1.00 bits per heavy atom. The lowest BCUT2D eigenvalue weighted by atomic mass is 10.1. The minimum absolute atomic E-state index is 0.0395. The highest BCUT2D eigenvalue weighted by Gasteiger charge is 2.17. The van der Waals surface area contributed by atoms with Crippen LogP contribution in [0.3, 0.4) is 0 Å². The van der Waals surface area contributed by atoms with E-state index in [1.54, 1.807) is 32.0 Å². The van der Waals surface area contributed by atoms with E-state index in [1.165, 1.54) is 0 Å². The van der Waals surface area contributed by atoms with Crippen molar-refractivity contribution in [2.45, 2.75) is 46.6 Å². The lowest BCUT2D eigenvalue weighted by Crippen LogP contribution is -2.47. The molecule has 0 radical (unpaired) electrons. The van der Waals surface area contributed by atoms with E-state index < -0.39 is 17.9 Å². The van der Waals surface area contributed by atoms with Crippen LogP contribution in [0.2, 0.25) is 5.02 Å². The number of benzene rings is 2. The van der Waals surface area contributed by atoms with Gasteiger partial charge < -0.3 is 10.1 Å². The maximum absolute atomic E-state index is 12.2. The first kappa shape index (κ1) is 23.2. The average Bonchev–Trinajstić information content (AvgIpc) is 2.70. The molecule has 160 valence electrons. The number of hydrogen-bond donors (Lipinski definition) is 3. The third kappa shape index (κ3) is 6.77. The van der Waals surface area contributed by atoms with Crippen LogP contribution in [0.5, 0.6) is 5.75 Å². The smallest absolute Gasteiger partial charge is 0.279 e. The largest absolute Gasteiger partial charge is 0.481 e. The Hall–Kier alpha value is -3.06. The van der Waals surface area contributed by atoms with Gasteiger partial charge in [0.2, 0.25) is 11.8 Å². The Labute approximate surface area is 181 Å². The van der Waals surface area contributed by atoms with Crippen molar-refractivity contribution in [3.8, 4) is 5.75 Å². The van der Waals surface area contributed by atoms with Gasteiger partial charge in [0.05, 0.1) is 0 Å². The molecule has 3 N–H and O–H groups in total. The SMILES string of the molecule is Cc1ccc(C)c(OC(C)C(=O)NNC(=O)CCC(=O)Nc2cccc(Cl)c2C)c1. The summed E-state index contributed by atoms with van der Waals surface area (Å²) in [7, 11) is 0. The van der Waals surface area contributed by atoms with Crippen LogP contribution in [0.15, 0.2) is 36.4 Å². The Bertz CT molecular complexity index is 946.